The summed E-state index contributed by atoms with van der Waals surface area (Å²) >= 11 is 1.15. The summed E-state index contributed by atoms with van der Waals surface area (Å²) in [5.41, 5.74) is 4.68. The molecular weight excluding hydrogens is 660 g/mol. The molecule has 1 saturated heterocycles. The smallest absolute Gasteiger partial charge is 0.348 e. The standard InChI is InChI=1S/C38H42N4O5S.ClH/c1-23-8-10-24(11-9-23)37(45)42(27-14-16-40(17-15-27)35(44)22-39(2)3)32-20-34(48-36(32)38(46)47)26-12-13-28-29(18-26)33(43)21-41-30-7-5-4-6-25(30)19-31(28)41;/h4-7,12-13,18-20,23-24,27H,8-11,14-17,21-22H2,1-3H3,(H,46,47);1H. The number of benzene rings is 2. The summed E-state index contributed by atoms with van der Waals surface area (Å²) in [7, 11) is 3.74. The molecule has 2 amide bonds. The van der Waals surface area contributed by atoms with E-state index in [1.54, 1.807) is 4.90 Å². The van der Waals surface area contributed by atoms with Gasteiger partial charge in [-0.05, 0) is 88.4 Å². The Bertz CT molecular complexity index is 1920. The van der Waals surface area contributed by atoms with Crippen LogP contribution < -0.4 is 4.90 Å². The second-order valence-corrected chi connectivity index (χ2v) is 15.1. The number of likely N-dealkylation sites (N-methyl/N-ethyl adjacent to an activating group) is 1. The van der Waals surface area contributed by atoms with E-state index in [4.69, 9.17) is 0 Å². The van der Waals surface area contributed by atoms with Crippen LogP contribution in [0.25, 0.3) is 32.6 Å². The Hall–Kier alpha value is -3.99. The second-order valence-electron chi connectivity index (χ2n) is 14.0. The Morgan fingerprint density at radius 3 is 2.33 bits per heavy atom. The fourth-order valence-corrected chi connectivity index (χ4v) is 8.77. The van der Waals surface area contributed by atoms with Gasteiger partial charge in [0.15, 0.2) is 5.78 Å². The third-order valence-corrected chi connectivity index (χ3v) is 11.6. The van der Waals surface area contributed by atoms with Crippen LogP contribution in [0.15, 0.2) is 54.6 Å². The summed E-state index contributed by atoms with van der Waals surface area (Å²) in [5.74, 6) is -0.607. The summed E-state index contributed by atoms with van der Waals surface area (Å²) in [6.45, 7) is 3.83. The maximum Gasteiger partial charge on any atom is 0.348 e. The maximum atomic E-state index is 14.4. The van der Waals surface area contributed by atoms with Gasteiger partial charge in [-0.25, -0.2) is 4.79 Å². The van der Waals surface area contributed by atoms with Crippen molar-refractivity contribution >= 4 is 63.9 Å². The number of thiophene rings is 1. The van der Waals surface area contributed by atoms with Crippen molar-refractivity contribution in [3.8, 4) is 21.7 Å². The number of hydrogen-bond donors (Lipinski definition) is 1. The van der Waals surface area contributed by atoms with Gasteiger partial charge in [0.2, 0.25) is 11.8 Å². The lowest BCUT2D eigenvalue weighted by molar-refractivity contribution is -0.132. The van der Waals surface area contributed by atoms with E-state index in [-0.39, 0.29) is 53.4 Å². The Morgan fingerprint density at radius 1 is 0.918 bits per heavy atom. The highest BCUT2D eigenvalue weighted by Crippen LogP contribution is 2.43. The van der Waals surface area contributed by atoms with Crippen LogP contribution in [0.2, 0.25) is 0 Å². The van der Waals surface area contributed by atoms with Gasteiger partial charge in [-0.15, -0.1) is 23.7 Å². The van der Waals surface area contributed by atoms with Crippen LogP contribution >= 0.6 is 23.7 Å². The van der Waals surface area contributed by atoms with Crippen LogP contribution in [-0.2, 0) is 16.1 Å². The zero-order valence-electron chi connectivity index (χ0n) is 28.2. The average Bonchev–Trinajstić information content (AvgIpc) is 3.68. The van der Waals surface area contributed by atoms with Crippen molar-refractivity contribution in [3.63, 3.8) is 0 Å². The third kappa shape index (κ3) is 6.66. The molecule has 0 radical (unpaired) electrons. The zero-order chi connectivity index (χ0) is 33.7. The quantitative estimate of drug-likeness (QED) is 0.221. The molecule has 9 nitrogen and oxygen atoms in total. The van der Waals surface area contributed by atoms with Crippen LogP contribution in [0, 0.1) is 11.8 Å². The van der Waals surface area contributed by atoms with E-state index in [1.165, 1.54) is 0 Å². The molecule has 258 valence electrons. The molecule has 2 fully saturated rings. The molecule has 2 aliphatic heterocycles. The summed E-state index contributed by atoms with van der Waals surface area (Å²) in [6, 6.07) is 17.6. The van der Waals surface area contributed by atoms with E-state index in [9.17, 15) is 24.3 Å². The van der Waals surface area contributed by atoms with Crippen LogP contribution in [0.4, 0.5) is 5.69 Å². The number of aromatic carboxylic acids is 1. The van der Waals surface area contributed by atoms with E-state index in [0.29, 0.717) is 54.5 Å². The van der Waals surface area contributed by atoms with Gasteiger partial charge in [-0.1, -0.05) is 37.3 Å². The second kappa shape index (κ2) is 14.1. The van der Waals surface area contributed by atoms with Crippen molar-refractivity contribution in [2.45, 2.75) is 58.0 Å². The molecule has 0 atom stereocenters. The number of nitrogens with zero attached hydrogens (tertiary/aromatic N) is 4. The molecule has 1 aliphatic carbocycles. The average molecular weight is 703 g/mol. The van der Waals surface area contributed by atoms with Gasteiger partial charge in [0.1, 0.15) is 4.88 Å². The number of rotatable bonds is 7. The molecule has 7 rings (SSSR count). The van der Waals surface area contributed by atoms with Gasteiger partial charge in [0, 0.05) is 52.0 Å². The topological polar surface area (TPSA) is 103 Å². The minimum atomic E-state index is -1.08. The predicted octanol–water partition coefficient (Wildman–Crippen LogP) is 7.07. The van der Waals surface area contributed by atoms with Crippen molar-refractivity contribution < 1.29 is 24.3 Å². The van der Waals surface area contributed by atoms with E-state index >= 15 is 0 Å². The number of fused-ring (bicyclic) bond motifs is 5. The number of carboxylic acid groups (broad SMARTS) is 1. The molecule has 4 heterocycles. The number of carboxylic acids is 1. The van der Waals surface area contributed by atoms with Crippen LogP contribution in [0.5, 0.6) is 0 Å². The number of aromatic nitrogens is 1. The number of anilines is 1. The summed E-state index contributed by atoms with van der Waals surface area (Å²) in [5, 5.41) is 11.5. The lowest BCUT2D eigenvalue weighted by atomic mass is 9.82. The van der Waals surface area contributed by atoms with E-state index in [1.807, 2.05) is 72.4 Å². The number of carbonyl (C=O) groups is 4. The van der Waals surface area contributed by atoms with E-state index in [2.05, 4.69) is 17.6 Å². The van der Waals surface area contributed by atoms with Gasteiger partial charge >= 0.3 is 5.97 Å². The molecule has 2 aromatic heterocycles. The Labute approximate surface area is 296 Å². The van der Waals surface area contributed by atoms with Crippen molar-refractivity contribution in [2.75, 3.05) is 38.6 Å². The number of Topliss-reactive ketones (excluding diaryl/α,β-unsaturated/α-hetero) is 1. The lowest BCUT2D eigenvalue weighted by Gasteiger charge is -2.40. The molecule has 11 heteroatoms. The fourth-order valence-electron chi connectivity index (χ4n) is 7.78. The zero-order valence-corrected chi connectivity index (χ0v) is 29.8. The summed E-state index contributed by atoms with van der Waals surface area (Å²) in [6.07, 6.45) is 4.70. The monoisotopic (exact) mass is 702 g/mol. The Balaban J connectivity index is 0.00000417. The molecule has 49 heavy (non-hydrogen) atoms. The number of para-hydroxylation sites is 1. The van der Waals surface area contributed by atoms with Crippen LogP contribution in [-0.4, -0.2) is 82.8 Å². The maximum absolute atomic E-state index is 14.4. The molecular formula is C38H43ClN4O5S. The number of halogens is 1. The SMILES string of the molecule is CC1CCC(C(=O)N(c2cc(-c3ccc4c(c3)C(=O)Cn3c-4cc4ccccc43)sc2C(=O)O)C2CCN(C(=O)CN(C)C)CC2)CC1.Cl. The highest BCUT2D eigenvalue weighted by molar-refractivity contribution is 7.18. The minimum Gasteiger partial charge on any atom is -0.477 e. The van der Waals surface area contributed by atoms with Gasteiger partial charge in [-0.3, -0.25) is 14.4 Å². The first-order chi connectivity index (χ1) is 23.1. The summed E-state index contributed by atoms with van der Waals surface area (Å²) in [4.78, 5) is 59.8. The van der Waals surface area contributed by atoms with Gasteiger partial charge < -0.3 is 24.4 Å². The number of hydrogen-bond acceptors (Lipinski definition) is 6. The molecule has 1 N–H and O–H groups in total. The molecule has 0 unspecified atom stereocenters. The Kier molecular flexibility index (Phi) is 10.0. The number of carbonyl (C=O) groups excluding carboxylic acids is 3. The number of ketones is 1. The minimum absolute atomic E-state index is 0. The molecule has 1 saturated carbocycles. The van der Waals surface area contributed by atoms with Crippen molar-refractivity contribution in [2.24, 2.45) is 11.8 Å². The number of piperidine rings is 1. The first kappa shape index (κ1) is 34.9. The first-order valence-electron chi connectivity index (χ1n) is 17.0. The number of likely N-dealkylation sites (tertiary alicyclic amines) is 1. The van der Waals surface area contributed by atoms with Gasteiger partial charge in [-0.2, -0.15) is 0 Å². The molecule has 0 spiro atoms. The van der Waals surface area contributed by atoms with Crippen molar-refractivity contribution in [1.29, 1.82) is 0 Å². The van der Waals surface area contributed by atoms with Crippen molar-refractivity contribution in [1.82, 2.24) is 14.4 Å². The molecule has 0 bridgehead atoms. The highest BCUT2D eigenvalue weighted by Gasteiger charge is 2.38. The largest absolute Gasteiger partial charge is 0.477 e. The fraction of sp³-hybridized carbons (Fsp3) is 0.421. The van der Waals surface area contributed by atoms with E-state index in [0.717, 1.165) is 64.7 Å². The highest BCUT2D eigenvalue weighted by atomic mass is 35.5. The van der Waals surface area contributed by atoms with Crippen LogP contribution in [0.1, 0.15) is 65.5 Å². The van der Waals surface area contributed by atoms with Gasteiger partial charge in [0.25, 0.3) is 0 Å². The number of amides is 2. The van der Waals surface area contributed by atoms with E-state index < -0.39 is 5.97 Å². The molecule has 4 aromatic rings. The Morgan fingerprint density at radius 2 is 1.63 bits per heavy atom. The van der Waals surface area contributed by atoms with Crippen LogP contribution in [0.3, 0.4) is 0 Å². The molecule has 3 aliphatic rings. The summed E-state index contributed by atoms with van der Waals surface area (Å²) < 4.78 is 2.06. The lowest BCUT2D eigenvalue weighted by Crippen LogP contribution is -2.52. The first-order valence-corrected chi connectivity index (χ1v) is 17.8. The normalized spacial score (nSPS) is 19.3. The van der Waals surface area contributed by atoms with Crippen molar-refractivity contribution in [3.05, 3.63) is 65.0 Å². The van der Waals surface area contributed by atoms with Gasteiger partial charge in [0.05, 0.1) is 24.5 Å². The predicted molar refractivity (Wildman–Crippen MR) is 196 cm³/mol. The third-order valence-electron chi connectivity index (χ3n) is 10.4. The molecule has 2 aromatic carbocycles.